The fourth-order valence-corrected chi connectivity index (χ4v) is 2.93. The van der Waals surface area contributed by atoms with E-state index in [-0.39, 0.29) is 30.7 Å². The molecule has 0 saturated heterocycles. The summed E-state index contributed by atoms with van der Waals surface area (Å²) in [5, 5.41) is 2.98. The van der Waals surface area contributed by atoms with Crippen LogP contribution in [0.3, 0.4) is 0 Å². The molecule has 132 valence electrons. The van der Waals surface area contributed by atoms with Gasteiger partial charge in [-0.3, -0.25) is 9.59 Å². The molecule has 6 heteroatoms. The zero-order chi connectivity index (χ0) is 18.1. The quantitative estimate of drug-likeness (QED) is 0.672. The predicted molar refractivity (Wildman–Crippen MR) is 102 cm³/mol. The lowest BCUT2D eigenvalue weighted by molar-refractivity contribution is -0.125. The molecule has 0 aliphatic rings. The molecule has 0 bridgehead atoms. The molecule has 0 saturated carbocycles. The summed E-state index contributed by atoms with van der Waals surface area (Å²) in [5.41, 5.74) is 6.11. The van der Waals surface area contributed by atoms with E-state index in [2.05, 4.69) is 19.2 Å². The first-order valence-corrected chi connectivity index (χ1v) is 8.75. The van der Waals surface area contributed by atoms with Crippen LogP contribution in [0.15, 0.2) is 30.3 Å². The van der Waals surface area contributed by atoms with E-state index >= 15 is 0 Å². The maximum atomic E-state index is 12.1. The lowest BCUT2D eigenvalue weighted by Gasteiger charge is -2.33. The van der Waals surface area contributed by atoms with Crippen molar-refractivity contribution in [2.45, 2.75) is 46.1 Å². The molecule has 0 fully saturated rings. The average Bonchev–Trinajstić information content (AvgIpc) is 2.58. The molecule has 1 rings (SSSR count). The summed E-state index contributed by atoms with van der Waals surface area (Å²) in [6.07, 6.45) is 1.01. The van der Waals surface area contributed by atoms with E-state index in [0.29, 0.717) is 11.5 Å². The monoisotopic (exact) mass is 349 g/mol. The summed E-state index contributed by atoms with van der Waals surface area (Å²) >= 11 is 5.69. The largest absolute Gasteiger partial charge is 0.370 e. The van der Waals surface area contributed by atoms with Crippen LogP contribution in [0.5, 0.6) is 0 Å². The van der Waals surface area contributed by atoms with E-state index in [1.807, 2.05) is 42.2 Å². The van der Waals surface area contributed by atoms with Gasteiger partial charge < -0.3 is 16.0 Å². The third-order valence-corrected chi connectivity index (χ3v) is 4.52. The Bertz CT molecular complexity index is 563. The van der Waals surface area contributed by atoms with E-state index in [0.717, 1.165) is 12.1 Å². The molecule has 24 heavy (non-hydrogen) atoms. The molecule has 0 spiro atoms. The minimum absolute atomic E-state index is 0.0436. The van der Waals surface area contributed by atoms with E-state index in [1.165, 1.54) is 0 Å². The highest BCUT2D eigenvalue weighted by Crippen LogP contribution is 2.19. The smallest absolute Gasteiger partial charge is 0.221 e. The van der Waals surface area contributed by atoms with Gasteiger partial charge in [-0.15, -0.1) is 0 Å². The van der Waals surface area contributed by atoms with Gasteiger partial charge in [0.15, 0.2) is 0 Å². The van der Waals surface area contributed by atoms with Crippen molar-refractivity contribution < 1.29 is 9.59 Å². The number of nitrogens with zero attached hydrogens (tertiary/aromatic N) is 1. The van der Waals surface area contributed by atoms with Gasteiger partial charge in [-0.1, -0.05) is 50.7 Å². The molecule has 3 N–H and O–H groups in total. The number of hydrogen-bond acceptors (Lipinski definition) is 3. The molecular weight excluding hydrogens is 322 g/mol. The van der Waals surface area contributed by atoms with Crippen LogP contribution >= 0.6 is 12.2 Å². The van der Waals surface area contributed by atoms with Gasteiger partial charge in [-0.05, 0) is 25.0 Å². The maximum absolute atomic E-state index is 12.1. The van der Waals surface area contributed by atoms with Gasteiger partial charge in [-0.2, -0.15) is 0 Å². The van der Waals surface area contributed by atoms with Crippen LogP contribution in [0.25, 0.3) is 0 Å². The number of rotatable bonds is 9. The van der Waals surface area contributed by atoms with Crippen molar-refractivity contribution in [3.8, 4) is 0 Å². The Morgan fingerprint density at radius 3 is 2.33 bits per heavy atom. The Labute approximate surface area is 149 Å². The summed E-state index contributed by atoms with van der Waals surface area (Å²) in [7, 11) is 0. The second-order valence-electron chi connectivity index (χ2n) is 5.82. The van der Waals surface area contributed by atoms with Gasteiger partial charge in [0.05, 0.1) is 6.04 Å². The molecular formula is C18H27N3O2S. The van der Waals surface area contributed by atoms with Gasteiger partial charge >= 0.3 is 0 Å². The summed E-state index contributed by atoms with van der Waals surface area (Å²) in [6.45, 7) is 6.87. The molecule has 5 nitrogen and oxygen atoms in total. The van der Waals surface area contributed by atoms with Crippen LogP contribution in [0, 0.1) is 5.92 Å². The number of anilines is 1. The summed E-state index contributed by atoms with van der Waals surface area (Å²) in [6, 6.07) is 9.62. The molecule has 2 amide bonds. The first-order chi connectivity index (χ1) is 11.4. The van der Waals surface area contributed by atoms with Gasteiger partial charge in [0.1, 0.15) is 4.99 Å². The van der Waals surface area contributed by atoms with Crippen molar-refractivity contribution in [2.75, 3.05) is 11.4 Å². The lowest BCUT2D eigenvalue weighted by Crippen LogP contribution is -2.51. The van der Waals surface area contributed by atoms with E-state index in [4.69, 9.17) is 18.0 Å². The highest BCUT2D eigenvalue weighted by molar-refractivity contribution is 7.80. The van der Waals surface area contributed by atoms with Crippen molar-refractivity contribution in [3.63, 3.8) is 0 Å². The molecule has 0 radical (unpaired) electrons. The third-order valence-electron chi connectivity index (χ3n) is 4.04. The zero-order valence-corrected chi connectivity index (χ0v) is 15.4. The Morgan fingerprint density at radius 1 is 1.21 bits per heavy atom. The Kier molecular flexibility index (Phi) is 8.40. The number of hydrogen-bond donors (Lipinski definition) is 2. The highest BCUT2D eigenvalue weighted by atomic mass is 32.1. The van der Waals surface area contributed by atoms with Gasteiger partial charge in [0, 0.05) is 25.1 Å². The number of thiocarbonyl (C=S) groups is 1. The first kappa shape index (κ1) is 20.1. The van der Waals surface area contributed by atoms with Crippen LogP contribution in [-0.4, -0.2) is 29.4 Å². The minimum Gasteiger partial charge on any atom is -0.370 e. The number of amides is 2. The molecule has 0 aliphatic carbocycles. The van der Waals surface area contributed by atoms with Crippen LogP contribution < -0.4 is 16.0 Å². The molecule has 1 unspecified atom stereocenters. The van der Waals surface area contributed by atoms with E-state index in [1.54, 1.807) is 0 Å². The molecule has 0 aromatic heterocycles. The first-order valence-electron chi connectivity index (χ1n) is 8.34. The third kappa shape index (κ3) is 5.92. The van der Waals surface area contributed by atoms with Crippen LogP contribution in [-0.2, 0) is 9.59 Å². The molecule has 0 aliphatic heterocycles. The van der Waals surface area contributed by atoms with Crippen LogP contribution in [0.2, 0.25) is 0 Å². The Hall–Kier alpha value is -1.95. The Balaban J connectivity index is 2.91. The number of para-hydroxylation sites is 1. The van der Waals surface area contributed by atoms with E-state index < -0.39 is 5.91 Å². The van der Waals surface area contributed by atoms with Crippen molar-refractivity contribution in [1.29, 1.82) is 0 Å². The molecule has 1 aromatic carbocycles. The standard InChI is InChI=1S/C18H27N3O2S/c1-4-13(3)17(20-16(23)12-11-15(19)22)18(24)21(5-2)14-9-7-6-8-10-14/h6-10,13,17H,4-5,11-12H2,1-3H3,(H2,19,22)(H,20,23)/t13?,17-/m0/s1. The fraction of sp³-hybridized carbons (Fsp3) is 0.500. The number of carbonyl (C=O) groups is 2. The van der Waals surface area contributed by atoms with Crippen LogP contribution in [0.4, 0.5) is 5.69 Å². The second kappa shape index (κ2) is 10.0. The summed E-state index contributed by atoms with van der Waals surface area (Å²) in [4.78, 5) is 25.7. The topological polar surface area (TPSA) is 75.4 Å². The minimum atomic E-state index is -0.479. The number of carbonyl (C=O) groups excluding carboxylic acids is 2. The highest BCUT2D eigenvalue weighted by Gasteiger charge is 2.26. The number of primary amides is 1. The van der Waals surface area contributed by atoms with Gasteiger partial charge in [0.25, 0.3) is 0 Å². The molecule has 0 heterocycles. The van der Waals surface area contributed by atoms with Gasteiger partial charge in [-0.25, -0.2) is 0 Å². The normalized spacial score (nSPS) is 13.0. The molecule has 2 atom stereocenters. The van der Waals surface area contributed by atoms with E-state index in [9.17, 15) is 9.59 Å². The average molecular weight is 350 g/mol. The second-order valence-corrected chi connectivity index (χ2v) is 6.23. The molecule has 1 aromatic rings. The zero-order valence-electron chi connectivity index (χ0n) is 14.6. The predicted octanol–water partition coefficient (Wildman–Crippen LogP) is 2.64. The van der Waals surface area contributed by atoms with Crippen molar-refractivity contribution >= 4 is 34.7 Å². The number of nitrogens with one attached hydrogen (secondary N) is 1. The maximum Gasteiger partial charge on any atom is 0.221 e. The van der Waals surface area contributed by atoms with Crippen molar-refractivity contribution in [2.24, 2.45) is 11.7 Å². The summed E-state index contributed by atoms with van der Waals surface area (Å²) in [5.74, 6) is -0.495. The van der Waals surface area contributed by atoms with Crippen LogP contribution in [0.1, 0.15) is 40.0 Å². The fourth-order valence-electron chi connectivity index (χ4n) is 2.41. The number of benzene rings is 1. The van der Waals surface area contributed by atoms with Crippen molar-refractivity contribution in [3.05, 3.63) is 30.3 Å². The number of nitrogens with two attached hydrogens (primary N) is 1. The van der Waals surface area contributed by atoms with Gasteiger partial charge in [0.2, 0.25) is 11.8 Å². The number of likely N-dealkylation sites (N-methyl/N-ethyl adjacent to an activating group) is 1. The Morgan fingerprint density at radius 2 is 1.83 bits per heavy atom. The SMILES string of the molecule is CCC(C)[C@H](NC(=O)CCC(N)=O)C(=S)N(CC)c1ccccc1. The van der Waals surface area contributed by atoms with Crippen molar-refractivity contribution in [1.82, 2.24) is 5.32 Å². The summed E-state index contributed by atoms with van der Waals surface area (Å²) < 4.78 is 0. The lowest BCUT2D eigenvalue weighted by atomic mass is 9.97.